The van der Waals surface area contributed by atoms with E-state index < -0.39 is 5.97 Å². The van der Waals surface area contributed by atoms with E-state index in [1.165, 1.54) is 34.6 Å². The molecule has 3 aromatic rings. The van der Waals surface area contributed by atoms with Crippen molar-refractivity contribution in [3.8, 4) is 5.69 Å². The number of thioether (sulfide) groups is 1. The first kappa shape index (κ1) is 16.4. The molecule has 1 heterocycles. The molecule has 0 aliphatic carbocycles. The maximum atomic E-state index is 13.7. The van der Waals surface area contributed by atoms with Gasteiger partial charge in [-0.05, 0) is 40.3 Å². The Morgan fingerprint density at radius 2 is 2.08 bits per heavy atom. The van der Waals surface area contributed by atoms with Crippen molar-refractivity contribution in [2.24, 2.45) is 0 Å². The number of aromatic carboxylic acids is 1. The molecule has 0 radical (unpaired) electrons. The molecule has 9 heteroatoms. The number of aromatic nitrogens is 4. The summed E-state index contributed by atoms with van der Waals surface area (Å²) in [6.07, 6.45) is 0. The van der Waals surface area contributed by atoms with Gasteiger partial charge in [-0.2, -0.15) is 4.68 Å². The molecule has 122 valence electrons. The third kappa shape index (κ3) is 3.39. The Morgan fingerprint density at radius 1 is 1.29 bits per heavy atom. The van der Waals surface area contributed by atoms with E-state index in [1.54, 1.807) is 24.3 Å². The van der Waals surface area contributed by atoms with Crippen molar-refractivity contribution >= 4 is 29.3 Å². The van der Waals surface area contributed by atoms with E-state index in [1.807, 2.05) is 0 Å². The number of benzene rings is 2. The van der Waals surface area contributed by atoms with Crippen LogP contribution in [0.15, 0.2) is 47.6 Å². The van der Waals surface area contributed by atoms with Crippen LogP contribution in [0.3, 0.4) is 0 Å². The van der Waals surface area contributed by atoms with E-state index in [2.05, 4.69) is 15.5 Å². The monoisotopic (exact) mass is 363 g/mol. The molecule has 3 rings (SSSR count). The standard InChI is InChI=1S/C15H10ClFN4O2S/c16-12-6-5-10(7-11(12)14(22)23)21-15(18-19-20-21)24-8-9-3-1-2-4-13(9)17/h1-7H,8H2,(H,22,23)/p-1. The highest BCUT2D eigenvalue weighted by molar-refractivity contribution is 7.98. The lowest BCUT2D eigenvalue weighted by Gasteiger charge is -2.09. The first-order chi connectivity index (χ1) is 11.6. The van der Waals surface area contributed by atoms with E-state index in [9.17, 15) is 14.3 Å². The predicted octanol–water partition coefficient (Wildman–Crippen LogP) is 2.11. The number of carbonyl (C=O) groups is 1. The molecule has 0 aliphatic rings. The van der Waals surface area contributed by atoms with Gasteiger partial charge in [-0.15, -0.1) is 5.10 Å². The van der Waals surface area contributed by atoms with Crippen molar-refractivity contribution in [2.45, 2.75) is 10.9 Å². The average Bonchev–Trinajstić information content (AvgIpc) is 3.03. The summed E-state index contributed by atoms with van der Waals surface area (Å²) in [5.41, 5.74) is 0.776. The molecule has 24 heavy (non-hydrogen) atoms. The number of tetrazole rings is 1. The Balaban J connectivity index is 1.87. The third-order valence-electron chi connectivity index (χ3n) is 3.17. The zero-order chi connectivity index (χ0) is 17.1. The Labute approximate surface area is 145 Å². The Morgan fingerprint density at radius 3 is 2.83 bits per heavy atom. The Bertz CT molecular complexity index is 903. The van der Waals surface area contributed by atoms with Gasteiger partial charge in [0.2, 0.25) is 5.16 Å². The minimum absolute atomic E-state index is 0.0624. The summed E-state index contributed by atoms with van der Waals surface area (Å²) in [6, 6.07) is 10.7. The molecule has 0 aliphatic heterocycles. The summed E-state index contributed by atoms with van der Waals surface area (Å²) in [4.78, 5) is 11.1. The highest BCUT2D eigenvalue weighted by atomic mass is 35.5. The van der Waals surface area contributed by atoms with Crippen molar-refractivity contribution in [1.29, 1.82) is 0 Å². The number of hydrogen-bond donors (Lipinski definition) is 0. The number of carboxylic acids is 1. The molecule has 0 spiro atoms. The smallest absolute Gasteiger partial charge is 0.214 e. The zero-order valence-corrected chi connectivity index (χ0v) is 13.6. The molecule has 0 fully saturated rings. The normalized spacial score (nSPS) is 10.8. The lowest BCUT2D eigenvalue weighted by molar-refractivity contribution is -0.255. The molecular formula is C15H9ClFN4O2S-. The largest absolute Gasteiger partial charge is 0.545 e. The Kier molecular flexibility index (Phi) is 4.77. The van der Waals surface area contributed by atoms with Crippen LogP contribution in [0.25, 0.3) is 5.69 Å². The minimum Gasteiger partial charge on any atom is -0.545 e. The molecular weight excluding hydrogens is 355 g/mol. The summed E-state index contributed by atoms with van der Waals surface area (Å²) in [7, 11) is 0. The van der Waals surface area contributed by atoms with Crippen molar-refractivity contribution in [2.75, 3.05) is 0 Å². The SMILES string of the molecule is O=C([O-])c1cc(-n2nnnc2SCc2ccccc2F)ccc1Cl. The van der Waals surface area contributed by atoms with Gasteiger partial charge in [0.15, 0.2) is 0 Å². The van der Waals surface area contributed by atoms with Crippen LogP contribution in [-0.2, 0) is 5.75 Å². The third-order valence-corrected chi connectivity index (χ3v) is 4.47. The molecule has 0 unspecified atom stereocenters. The zero-order valence-electron chi connectivity index (χ0n) is 12.0. The van der Waals surface area contributed by atoms with Crippen LogP contribution in [0.1, 0.15) is 15.9 Å². The molecule has 0 saturated heterocycles. The van der Waals surface area contributed by atoms with Gasteiger partial charge >= 0.3 is 0 Å². The van der Waals surface area contributed by atoms with Gasteiger partial charge in [-0.25, -0.2) is 4.39 Å². The van der Waals surface area contributed by atoms with Crippen LogP contribution in [0.2, 0.25) is 5.02 Å². The lowest BCUT2D eigenvalue weighted by Crippen LogP contribution is -2.23. The first-order valence-electron chi connectivity index (χ1n) is 6.72. The fourth-order valence-electron chi connectivity index (χ4n) is 1.99. The number of rotatable bonds is 5. The van der Waals surface area contributed by atoms with Crippen molar-refractivity contribution in [3.05, 3.63) is 64.4 Å². The van der Waals surface area contributed by atoms with Crippen molar-refractivity contribution < 1.29 is 14.3 Å². The summed E-state index contributed by atoms with van der Waals surface area (Å²) < 4.78 is 15.0. The average molecular weight is 364 g/mol. The van der Waals surface area contributed by atoms with Gasteiger partial charge < -0.3 is 9.90 Å². The van der Waals surface area contributed by atoms with Crippen LogP contribution in [0.5, 0.6) is 0 Å². The number of nitrogens with zero attached hydrogens (tertiary/aromatic N) is 4. The van der Waals surface area contributed by atoms with Crippen molar-refractivity contribution in [3.63, 3.8) is 0 Å². The van der Waals surface area contributed by atoms with Gasteiger partial charge in [0.25, 0.3) is 0 Å². The van der Waals surface area contributed by atoms with Crippen molar-refractivity contribution in [1.82, 2.24) is 20.2 Å². The number of hydrogen-bond acceptors (Lipinski definition) is 6. The molecule has 0 atom stereocenters. The van der Waals surface area contributed by atoms with E-state index in [0.29, 0.717) is 22.2 Å². The van der Waals surface area contributed by atoms with E-state index in [-0.39, 0.29) is 16.4 Å². The molecule has 6 nitrogen and oxygen atoms in total. The second-order valence-electron chi connectivity index (χ2n) is 4.70. The van der Waals surface area contributed by atoms with Crippen LogP contribution < -0.4 is 5.11 Å². The lowest BCUT2D eigenvalue weighted by atomic mass is 10.2. The summed E-state index contributed by atoms with van der Waals surface area (Å²) in [6.45, 7) is 0. The Hall–Kier alpha value is -2.45. The molecule has 0 amide bonds. The second-order valence-corrected chi connectivity index (χ2v) is 6.05. The number of halogens is 2. The molecule has 0 saturated carbocycles. The summed E-state index contributed by atoms with van der Waals surface area (Å²) in [5.74, 6) is -1.38. The van der Waals surface area contributed by atoms with Crippen LogP contribution >= 0.6 is 23.4 Å². The first-order valence-corrected chi connectivity index (χ1v) is 8.08. The van der Waals surface area contributed by atoms with Crippen LogP contribution in [0, 0.1) is 5.82 Å². The second kappa shape index (κ2) is 6.98. The maximum Gasteiger partial charge on any atom is 0.214 e. The van der Waals surface area contributed by atoms with Crippen LogP contribution in [0.4, 0.5) is 4.39 Å². The van der Waals surface area contributed by atoms with E-state index >= 15 is 0 Å². The number of carbonyl (C=O) groups excluding carboxylic acids is 1. The summed E-state index contributed by atoms with van der Waals surface area (Å²) >= 11 is 7.05. The van der Waals surface area contributed by atoms with Crippen LogP contribution in [-0.4, -0.2) is 26.2 Å². The fourth-order valence-corrected chi connectivity index (χ4v) is 3.06. The highest BCUT2D eigenvalue weighted by Gasteiger charge is 2.12. The number of carboxylic acid groups (broad SMARTS) is 1. The van der Waals surface area contributed by atoms with Gasteiger partial charge in [-0.3, -0.25) is 0 Å². The molecule has 0 bridgehead atoms. The topological polar surface area (TPSA) is 83.7 Å². The quantitative estimate of drug-likeness (QED) is 0.645. The minimum atomic E-state index is -1.39. The molecule has 0 N–H and O–H groups in total. The van der Waals surface area contributed by atoms with Gasteiger partial charge in [0.1, 0.15) is 5.82 Å². The predicted molar refractivity (Wildman–Crippen MR) is 84.5 cm³/mol. The fraction of sp³-hybridized carbons (Fsp3) is 0.0667. The van der Waals surface area contributed by atoms with E-state index in [0.717, 1.165) is 0 Å². The van der Waals surface area contributed by atoms with Gasteiger partial charge in [0, 0.05) is 16.3 Å². The van der Waals surface area contributed by atoms with Gasteiger partial charge in [0.05, 0.1) is 11.7 Å². The van der Waals surface area contributed by atoms with Gasteiger partial charge in [-0.1, -0.05) is 41.6 Å². The molecule has 2 aromatic carbocycles. The highest BCUT2D eigenvalue weighted by Crippen LogP contribution is 2.25. The molecule has 1 aromatic heterocycles. The summed E-state index contributed by atoms with van der Waals surface area (Å²) in [5, 5.41) is 22.8. The van der Waals surface area contributed by atoms with E-state index in [4.69, 9.17) is 11.6 Å². The maximum absolute atomic E-state index is 13.7.